The summed E-state index contributed by atoms with van der Waals surface area (Å²) in [7, 11) is 0. The van der Waals surface area contributed by atoms with Crippen LogP contribution in [0.4, 0.5) is 0 Å². The van der Waals surface area contributed by atoms with Crippen LogP contribution >= 0.6 is 0 Å². The van der Waals surface area contributed by atoms with E-state index in [9.17, 15) is 9.59 Å². The summed E-state index contributed by atoms with van der Waals surface area (Å²) in [4.78, 5) is 26.3. The Hall–Kier alpha value is -2.67. The average Bonchev–Trinajstić information content (AvgIpc) is 3.00. The molecule has 1 aromatic carbocycles. The van der Waals surface area contributed by atoms with E-state index in [-0.39, 0.29) is 5.91 Å². The first-order valence-corrected chi connectivity index (χ1v) is 8.67. The monoisotopic (exact) mass is 357 g/mol. The molecule has 1 aliphatic heterocycles. The number of ether oxygens (including phenoxy) is 2. The molecule has 138 valence electrons. The molecule has 1 aliphatic rings. The molecule has 7 nitrogen and oxygen atoms in total. The van der Waals surface area contributed by atoms with Gasteiger partial charge in [-0.05, 0) is 51.1 Å². The molecule has 1 amide bonds. The van der Waals surface area contributed by atoms with Gasteiger partial charge in [-0.15, -0.1) is 0 Å². The van der Waals surface area contributed by atoms with Gasteiger partial charge in [0, 0.05) is 18.8 Å². The Labute approximate surface area is 152 Å². The molecular weight excluding hydrogens is 334 g/mol. The molecule has 0 spiro atoms. The van der Waals surface area contributed by atoms with Crippen molar-refractivity contribution in [3.05, 3.63) is 47.3 Å². The molecule has 1 saturated heterocycles. The molecular formula is C19H23N3O4. The molecule has 0 bridgehead atoms. The van der Waals surface area contributed by atoms with Gasteiger partial charge in [-0.3, -0.25) is 4.79 Å². The summed E-state index contributed by atoms with van der Waals surface area (Å²) < 4.78 is 12.4. The van der Waals surface area contributed by atoms with Crippen molar-refractivity contribution in [2.75, 3.05) is 26.3 Å². The summed E-state index contributed by atoms with van der Waals surface area (Å²) in [5, 5.41) is 4.42. The molecule has 26 heavy (non-hydrogen) atoms. The second-order valence-electron chi connectivity index (χ2n) is 6.37. The highest BCUT2D eigenvalue weighted by molar-refractivity contribution is 5.92. The maximum absolute atomic E-state index is 12.3. The number of aromatic nitrogens is 2. The van der Waals surface area contributed by atoms with Crippen molar-refractivity contribution in [2.24, 2.45) is 0 Å². The molecule has 1 fully saturated rings. The van der Waals surface area contributed by atoms with Crippen molar-refractivity contribution in [1.82, 2.24) is 14.7 Å². The van der Waals surface area contributed by atoms with Gasteiger partial charge < -0.3 is 14.4 Å². The summed E-state index contributed by atoms with van der Waals surface area (Å²) in [6.07, 6.45) is -0.823. The highest BCUT2D eigenvalue weighted by atomic mass is 16.5. The van der Waals surface area contributed by atoms with Gasteiger partial charge in [0.05, 0.1) is 30.2 Å². The second kappa shape index (κ2) is 7.70. The Morgan fingerprint density at radius 2 is 1.81 bits per heavy atom. The first-order valence-electron chi connectivity index (χ1n) is 8.67. The standard InChI is InChI=1S/C19H23N3O4/c1-13-12-14(2)22(20-13)17-6-4-16(5-7-17)19(24)26-15(3)18(23)21-8-10-25-11-9-21/h4-7,12,15H,8-11H2,1-3H3. The van der Waals surface area contributed by atoms with Gasteiger partial charge in [-0.1, -0.05) is 0 Å². The predicted molar refractivity (Wildman–Crippen MR) is 95.3 cm³/mol. The van der Waals surface area contributed by atoms with Crippen LogP contribution in [0.25, 0.3) is 5.69 Å². The SMILES string of the molecule is Cc1cc(C)n(-c2ccc(C(=O)OC(C)C(=O)N3CCOCC3)cc2)n1. The highest BCUT2D eigenvalue weighted by Crippen LogP contribution is 2.14. The van der Waals surface area contributed by atoms with Crippen LogP contribution in [0.3, 0.4) is 0 Å². The minimum Gasteiger partial charge on any atom is -0.449 e. The third-order valence-electron chi connectivity index (χ3n) is 4.31. The van der Waals surface area contributed by atoms with Crippen LogP contribution < -0.4 is 0 Å². The van der Waals surface area contributed by atoms with Crippen LogP contribution in [0.15, 0.2) is 30.3 Å². The summed E-state index contributed by atoms with van der Waals surface area (Å²) in [6.45, 7) is 7.58. The molecule has 0 aliphatic carbocycles. The number of amides is 1. The van der Waals surface area contributed by atoms with Crippen LogP contribution in [0.1, 0.15) is 28.7 Å². The van der Waals surface area contributed by atoms with Crippen LogP contribution in [-0.2, 0) is 14.3 Å². The van der Waals surface area contributed by atoms with E-state index in [1.807, 2.05) is 36.7 Å². The second-order valence-corrected chi connectivity index (χ2v) is 6.37. The predicted octanol–water partition coefficient (Wildman–Crippen LogP) is 1.89. The van der Waals surface area contributed by atoms with Crippen LogP contribution in [0.5, 0.6) is 0 Å². The van der Waals surface area contributed by atoms with E-state index >= 15 is 0 Å². The van der Waals surface area contributed by atoms with Crippen molar-refractivity contribution in [2.45, 2.75) is 26.9 Å². The lowest BCUT2D eigenvalue weighted by atomic mass is 10.2. The topological polar surface area (TPSA) is 73.7 Å². The number of esters is 1. The maximum atomic E-state index is 12.3. The van der Waals surface area contributed by atoms with E-state index in [4.69, 9.17) is 9.47 Å². The van der Waals surface area contributed by atoms with Crippen molar-refractivity contribution < 1.29 is 19.1 Å². The van der Waals surface area contributed by atoms with Crippen molar-refractivity contribution >= 4 is 11.9 Å². The van der Waals surface area contributed by atoms with E-state index in [0.29, 0.717) is 31.9 Å². The highest BCUT2D eigenvalue weighted by Gasteiger charge is 2.25. The Morgan fingerprint density at radius 1 is 1.15 bits per heavy atom. The lowest BCUT2D eigenvalue weighted by molar-refractivity contribution is -0.143. The molecule has 3 rings (SSSR count). The normalized spacial score (nSPS) is 15.6. The maximum Gasteiger partial charge on any atom is 0.338 e. The minimum atomic E-state index is -0.823. The number of benzene rings is 1. The van der Waals surface area contributed by atoms with E-state index in [2.05, 4.69) is 5.10 Å². The summed E-state index contributed by atoms with van der Waals surface area (Å²) in [5.74, 6) is -0.708. The first-order chi connectivity index (χ1) is 12.5. The Bertz CT molecular complexity index is 792. The molecule has 7 heteroatoms. The first kappa shape index (κ1) is 18.1. The summed E-state index contributed by atoms with van der Waals surface area (Å²) >= 11 is 0. The fraction of sp³-hybridized carbons (Fsp3) is 0.421. The van der Waals surface area contributed by atoms with Crippen LogP contribution in [0.2, 0.25) is 0 Å². The van der Waals surface area contributed by atoms with E-state index in [1.54, 1.807) is 24.0 Å². The zero-order valence-electron chi connectivity index (χ0n) is 15.3. The smallest absolute Gasteiger partial charge is 0.338 e. The lowest BCUT2D eigenvalue weighted by Gasteiger charge is -2.28. The number of hydrogen-bond acceptors (Lipinski definition) is 5. The summed E-state index contributed by atoms with van der Waals surface area (Å²) in [5.41, 5.74) is 3.21. The van der Waals surface area contributed by atoms with Gasteiger partial charge in [-0.2, -0.15) is 5.10 Å². The van der Waals surface area contributed by atoms with E-state index in [1.165, 1.54) is 0 Å². The number of carbonyl (C=O) groups excluding carboxylic acids is 2. The molecule has 1 unspecified atom stereocenters. The molecule has 0 radical (unpaired) electrons. The Kier molecular flexibility index (Phi) is 5.37. The number of rotatable bonds is 4. The van der Waals surface area contributed by atoms with Gasteiger partial charge in [0.15, 0.2) is 6.10 Å². The molecule has 1 aromatic heterocycles. The Morgan fingerprint density at radius 3 is 2.38 bits per heavy atom. The number of aryl methyl sites for hydroxylation is 2. The third-order valence-corrected chi connectivity index (χ3v) is 4.31. The molecule has 0 N–H and O–H groups in total. The zero-order chi connectivity index (χ0) is 18.7. The van der Waals surface area contributed by atoms with Gasteiger partial charge in [0.1, 0.15) is 0 Å². The molecule has 2 heterocycles. The van der Waals surface area contributed by atoms with Crippen molar-refractivity contribution in [3.8, 4) is 5.69 Å². The zero-order valence-corrected chi connectivity index (χ0v) is 15.3. The largest absolute Gasteiger partial charge is 0.449 e. The van der Waals surface area contributed by atoms with E-state index < -0.39 is 12.1 Å². The number of morpholine rings is 1. The molecule has 1 atom stereocenters. The van der Waals surface area contributed by atoms with Crippen LogP contribution in [-0.4, -0.2) is 59.0 Å². The lowest BCUT2D eigenvalue weighted by Crippen LogP contribution is -2.46. The average molecular weight is 357 g/mol. The molecule has 2 aromatic rings. The van der Waals surface area contributed by atoms with E-state index in [0.717, 1.165) is 17.1 Å². The number of nitrogens with zero attached hydrogens (tertiary/aromatic N) is 3. The van der Waals surface area contributed by atoms with Gasteiger partial charge in [0.25, 0.3) is 5.91 Å². The van der Waals surface area contributed by atoms with Crippen LogP contribution in [0, 0.1) is 13.8 Å². The van der Waals surface area contributed by atoms with Gasteiger partial charge in [-0.25, -0.2) is 9.48 Å². The minimum absolute atomic E-state index is 0.194. The number of hydrogen-bond donors (Lipinski definition) is 0. The fourth-order valence-electron chi connectivity index (χ4n) is 2.95. The fourth-order valence-corrected chi connectivity index (χ4v) is 2.95. The van der Waals surface area contributed by atoms with Gasteiger partial charge >= 0.3 is 5.97 Å². The number of carbonyl (C=O) groups is 2. The quantitative estimate of drug-likeness (QED) is 0.782. The third kappa shape index (κ3) is 3.94. The summed E-state index contributed by atoms with van der Waals surface area (Å²) in [6, 6.07) is 8.97. The van der Waals surface area contributed by atoms with Crippen molar-refractivity contribution in [3.63, 3.8) is 0 Å². The van der Waals surface area contributed by atoms with Gasteiger partial charge in [0.2, 0.25) is 0 Å². The molecule has 0 saturated carbocycles. The Balaban J connectivity index is 1.64. The van der Waals surface area contributed by atoms with Crippen molar-refractivity contribution in [1.29, 1.82) is 0 Å².